The molecule has 5 heteroatoms. The number of sulfonamides is 1. The summed E-state index contributed by atoms with van der Waals surface area (Å²) in [5.74, 6) is 0. The van der Waals surface area contributed by atoms with Crippen LogP contribution in [0.25, 0.3) is 0 Å². The molecule has 0 radical (unpaired) electrons. The van der Waals surface area contributed by atoms with Gasteiger partial charge in [-0.05, 0) is 0 Å². The highest BCUT2D eigenvalue weighted by molar-refractivity contribution is 7.92. The molecule has 0 saturated heterocycles. The maximum Gasteiger partial charge on any atom is 0.234 e. The van der Waals surface area contributed by atoms with Gasteiger partial charge in [-0.15, -0.1) is 0 Å². The van der Waals surface area contributed by atoms with Gasteiger partial charge in [-0.25, -0.2) is 13.1 Å². The third-order valence-corrected chi connectivity index (χ3v) is 2.15. The molecule has 0 spiro atoms. The van der Waals surface area contributed by atoms with Gasteiger partial charge in [-0.1, -0.05) is 6.08 Å². The van der Waals surface area contributed by atoms with E-state index >= 15 is 0 Å². The Hall–Kier alpha value is -0.390. The summed E-state index contributed by atoms with van der Waals surface area (Å²) in [5.41, 5.74) is 0. The summed E-state index contributed by atoms with van der Waals surface area (Å²) in [7, 11) is -3.20. The highest BCUT2D eigenvalue weighted by Crippen LogP contribution is 2.01. The van der Waals surface area contributed by atoms with Crippen molar-refractivity contribution in [1.29, 1.82) is 0 Å². The summed E-state index contributed by atoms with van der Waals surface area (Å²) in [4.78, 5) is 0. The van der Waals surface area contributed by atoms with Crippen molar-refractivity contribution in [1.82, 2.24) is 4.72 Å². The van der Waals surface area contributed by atoms with Gasteiger partial charge in [0, 0.05) is 5.41 Å². The molecule has 0 aromatic rings. The Labute approximate surface area is 53.2 Å². The maximum absolute atomic E-state index is 10.5. The molecule has 52 valence electrons. The van der Waals surface area contributed by atoms with Gasteiger partial charge in [0.1, 0.15) is 0 Å². The monoisotopic (exact) mass is 149 g/mol. The van der Waals surface area contributed by atoms with Crippen molar-refractivity contribution in [2.75, 3.05) is 6.61 Å². The van der Waals surface area contributed by atoms with Crippen LogP contribution < -0.4 is 4.72 Å². The highest BCUT2D eigenvalue weighted by Gasteiger charge is 2.18. The van der Waals surface area contributed by atoms with E-state index in [2.05, 4.69) is 4.72 Å². The van der Waals surface area contributed by atoms with Crippen LogP contribution in [0.1, 0.15) is 0 Å². The van der Waals surface area contributed by atoms with Gasteiger partial charge in [0.05, 0.1) is 12.6 Å². The summed E-state index contributed by atoms with van der Waals surface area (Å²) < 4.78 is 23.2. The fourth-order valence-corrected chi connectivity index (χ4v) is 1.64. The van der Waals surface area contributed by atoms with Gasteiger partial charge in [0.25, 0.3) is 0 Å². The van der Waals surface area contributed by atoms with Crippen LogP contribution in [0.2, 0.25) is 0 Å². The molecule has 0 bridgehead atoms. The third kappa shape index (κ3) is 1.51. The second kappa shape index (κ2) is 2.09. The molecule has 1 unspecified atom stereocenters. The molecule has 0 aromatic heterocycles. The standard InChI is InChI=1S/C4H7NO3S/c6-3-4-1-2-9(7,8)5-4/h1-2,4-6H,3H2. The maximum atomic E-state index is 10.5. The lowest BCUT2D eigenvalue weighted by Gasteiger charge is -2.00. The van der Waals surface area contributed by atoms with Crippen molar-refractivity contribution in [2.24, 2.45) is 0 Å². The smallest absolute Gasteiger partial charge is 0.234 e. The van der Waals surface area contributed by atoms with Crippen molar-refractivity contribution in [3.8, 4) is 0 Å². The largest absolute Gasteiger partial charge is 0.394 e. The number of hydrogen-bond donors (Lipinski definition) is 2. The fraction of sp³-hybridized carbons (Fsp3) is 0.500. The second-order valence-electron chi connectivity index (χ2n) is 1.78. The summed E-state index contributed by atoms with van der Waals surface area (Å²) in [6.45, 7) is -0.185. The van der Waals surface area contributed by atoms with E-state index in [0.29, 0.717) is 0 Å². The SMILES string of the molecule is O=S1(=O)C=CC(CO)N1. The molecule has 0 saturated carbocycles. The van der Waals surface area contributed by atoms with Gasteiger partial charge >= 0.3 is 0 Å². The molecule has 1 atom stereocenters. The predicted octanol–water partition coefficient (Wildman–Crippen LogP) is -1.21. The van der Waals surface area contributed by atoms with E-state index in [1.165, 1.54) is 6.08 Å². The quantitative estimate of drug-likeness (QED) is 0.492. The zero-order chi connectivity index (χ0) is 6.91. The molecule has 0 amide bonds. The molecule has 1 aliphatic heterocycles. The molecule has 9 heavy (non-hydrogen) atoms. The first-order valence-electron chi connectivity index (χ1n) is 2.45. The fourth-order valence-electron chi connectivity index (χ4n) is 0.586. The van der Waals surface area contributed by atoms with E-state index in [-0.39, 0.29) is 6.61 Å². The second-order valence-corrected chi connectivity index (χ2v) is 3.38. The number of hydrogen-bond acceptors (Lipinski definition) is 3. The van der Waals surface area contributed by atoms with Crippen LogP contribution in [0.5, 0.6) is 0 Å². The minimum Gasteiger partial charge on any atom is -0.394 e. The molecule has 1 heterocycles. The number of aliphatic hydroxyl groups excluding tert-OH is 1. The van der Waals surface area contributed by atoms with Crippen LogP contribution >= 0.6 is 0 Å². The van der Waals surface area contributed by atoms with Crippen LogP contribution in [-0.2, 0) is 10.0 Å². The molecule has 0 aliphatic carbocycles. The number of nitrogens with one attached hydrogen (secondary N) is 1. The Balaban J connectivity index is 2.72. The lowest BCUT2D eigenvalue weighted by molar-refractivity contribution is 0.278. The van der Waals surface area contributed by atoms with Crippen molar-refractivity contribution < 1.29 is 13.5 Å². The van der Waals surface area contributed by atoms with Gasteiger partial charge < -0.3 is 5.11 Å². The van der Waals surface area contributed by atoms with Gasteiger partial charge in [-0.3, -0.25) is 0 Å². The molecular formula is C4H7NO3S. The van der Waals surface area contributed by atoms with Crippen molar-refractivity contribution in [3.05, 3.63) is 11.5 Å². The lowest BCUT2D eigenvalue weighted by atomic mass is 10.3. The molecule has 4 nitrogen and oxygen atoms in total. The third-order valence-electron chi connectivity index (χ3n) is 1.00. The van der Waals surface area contributed by atoms with E-state index in [0.717, 1.165) is 5.41 Å². The van der Waals surface area contributed by atoms with Crippen molar-refractivity contribution in [3.63, 3.8) is 0 Å². The highest BCUT2D eigenvalue weighted by atomic mass is 32.2. The van der Waals surface area contributed by atoms with Crippen molar-refractivity contribution >= 4 is 10.0 Å². The molecule has 0 aromatic carbocycles. The Morgan fingerprint density at radius 1 is 1.67 bits per heavy atom. The van der Waals surface area contributed by atoms with Crippen molar-refractivity contribution in [2.45, 2.75) is 6.04 Å². The molecule has 1 rings (SSSR count). The van der Waals surface area contributed by atoms with Crippen LogP contribution in [0.15, 0.2) is 11.5 Å². The normalized spacial score (nSPS) is 31.0. The summed E-state index contributed by atoms with van der Waals surface area (Å²) >= 11 is 0. The first kappa shape index (κ1) is 6.73. The van der Waals surface area contributed by atoms with Gasteiger partial charge in [0.15, 0.2) is 0 Å². The first-order chi connectivity index (χ1) is 4.14. The Bertz CT molecular complexity index is 218. The minimum absolute atomic E-state index is 0.185. The molecule has 1 aliphatic rings. The van der Waals surface area contributed by atoms with Crippen LogP contribution in [0, 0.1) is 0 Å². The molecule has 2 N–H and O–H groups in total. The van der Waals surface area contributed by atoms with Crippen LogP contribution in [0.3, 0.4) is 0 Å². The number of aliphatic hydroxyl groups is 1. The average molecular weight is 149 g/mol. The van der Waals surface area contributed by atoms with E-state index in [1.54, 1.807) is 0 Å². The Morgan fingerprint density at radius 2 is 2.33 bits per heavy atom. The van der Waals surface area contributed by atoms with Crippen LogP contribution in [0.4, 0.5) is 0 Å². The molecular weight excluding hydrogens is 142 g/mol. The lowest BCUT2D eigenvalue weighted by Crippen LogP contribution is -2.29. The predicted molar refractivity (Wildman–Crippen MR) is 32.1 cm³/mol. The minimum atomic E-state index is -3.20. The van der Waals surface area contributed by atoms with Gasteiger partial charge in [-0.2, -0.15) is 0 Å². The summed E-state index contributed by atoms with van der Waals surface area (Å²) in [6, 6.07) is -0.421. The first-order valence-corrected chi connectivity index (χ1v) is 4.00. The number of rotatable bonds is 1. The zero-order valence-corrected chi connectivity index (χ0v) is 5.43. The average Bonchev–Trinajstić information content (AvgIpc) is 2.10. The Morgan fingerprint density at radius 3 is 2.56 bits per heavy atom. The van der Waals surface area contributed by atoms with Gasteiger partial charge in [0.2, 0.25) is 10.0 Å². The summed E-state index contributed by atoms with van der Waals surface area (Å²) in [5, 5.41) is 9.47. The van der Waals surface area contributed by atoms with E-state index in [4.69, 9.17) is 5.11 Å². The topological polar surface area (TPSA) is 66.4 Å². The zero-order valence-electron chi connectivity index (χ0n) is 4.61. The Kier molecular flexibility index (Phi) is 1.56. The van der Waals surface area contributed by atoms with E-state index in [1.807, 2.05) is 0 Å². The van der Waals surface area contributed by atoms with Crippen LogP contribution in [-0.4, -0.2) is 26.2 Å². The van der Waals surface area contributed by atoms with E-state index < -0.39 is 16.1 Å². The summed E-state index contributed by atoms with van der Waals surface area (Å²) in [6.07, 6.45) is 1.41. The molecule has 0 fully saturated rings. The van der Waals surface area contributed by atoms with E-state index in [9.17, 15) is 8.42 Å².